The second-order valence-electron chi connectivity index (χ2n) is 5.58. The summed E-state index contributed by atoms with van der Waals surface area (Å²) in [6, 6.07) is 0.272. The van der Waals surface area contributed by atoms with Crippen molar-refractivity contribution in [3.8, 4) is 0 Å². The SMILES string of the molecule is Cc1[nH]cnc1CN1CC[C@H]2OCc3cnnn3[C@@H]2C1. The molecule has 0 spiro atoms. The summed E-state index contributed by atoms with van der Waals surface area (Å²) in [7, 11) is 0. The quantitative estimate of drug-likeness (QED) is 0.871. The Morgan fingerprint density at radius 3 is 3.30 bits per heavy atom. The molecule has 4 rings (SSSR count). The molecule has 1 N–H and O–H groups in total. The molecule has 0 bridgehead atoms. The summed E-state index contributed by atoms with van der Waals surface area (Å²) in [6.45, 7) is 5.55. The highest BCUT2D eigenvalue weighted by Crippen LogP contribution is 2.30. The lowest BCUT2D eigenvalue weighted by Crippen LogP contribution is -2.47. The Hall–Kier alpha value is -1.73. The number of imidazole rings is 1. The summed E-state index contributed by atoms with van der Waals surface area (Å²) < 4.78 is 7.96. The average molecular weight is 274 g/mol. The van der Waals surface area contributed by atoms with Crippen LogP contribution in [-0.4, -0.2) is 49.1 Å². The summed E-state index contributed by atoms with van der Waals surface area (Å²) >= 11 is 0. The first-order valence-electron chi connectivity index (χ1n) is 7.03. The summed E-state index contributed by atoms with van der Waals surface area (Å²) in [5.74, 6) is 0. The highest BCUT2D eigenvalue weighted by Gasteiger charge is 2.36. The van der Waals surface area contributed by atoms with Crippen molar-refractivity contribution < 1.29 is 4.74 Å². The van der Waals surface area contributed by atoms with Crippen LogP contribution in [0.1, 0.15) is 29.5 Å². The van der Waals surface area contributed by atoms with E-state index in [0.29, 0.717) is 6.61 Å². The number of rotatable bonds is 2. The van der Waals surface area contributed by atoms with Crippen LogP contribution >= 0.6 is 0 Å². The van der Waals surface area contributed by atoms with Crippen molar-refractivity contribution in [2.24, 2.45) is 0 Å². The number of fused-ring (bicyclic) bond motifs is 3. The molecule has 7 heteroatoms. The second-order valence-corrected chi connectivity index (χ2v) is 5.58. The number of nitrogens with one attached hydrogen (secondary N) is 1. The number of likely N-dealkylation sites (tertiary alicyclic amines) is 1. The van der Waals surface area contributed by atoms with Crippen molar-refractivity contribution in [2.45, 2.75) is 38.6 Å². The van der Waals surface area contributed by atoms with Crippen LogP contribution in [0.4, 0.5) is 0 Å². The molecule has 0 radical (unpaired) electrons. The molecule has 0 aromatic carbocycles. The summed E-state index contributed by atoms with van der Waals surface area (Å²) in [6.07, 6.45) is 4.86. The normalized spacial score (nSPS) is 26.2. The van der Waals surface area contributed by atoms with Gasteiger partial charge in [-0.05, 0) is 13.3 Å². The Balaban J connectivity index is 1.52. The van der Waals surface area contributed by atoms with Crippen LogP contribution in [0.3, 0.4) is 0 Å². The largest absolute Gasteiger partial charge is 0.370 e. The van der Waals surface area contributed by atoms with Gasteiger partial charge in [-0.2, -0.15) is 0 Å². The zero-order chi connectivity index (χ0) is 13.5. The highest BCUT2D eigenvalue weighted by atomic mass is 16.5. The highest BCUT2D eigenvalue weighted by molar-refractivity contribution is 5.09. The van der Waals surface area contributed by atoms with Gasteiger partial charge in [-0.15, -0.1) is 5.10 Å². The predicted octanol–water partition coefficient (Wildman–Crippen LogP) is 0.655. The summed E-state index contributed by atoms with van der Waals surface area (Å²) in [4.78, 5) is 9.94. The lowest BCUT2D eigenvalue weighted by molar-refractivity contribution is -0.0671. The molecule has 0 saturated carbocycles. The molecule has 7 nitrogen and oxygen atoms in total. The molecule has 2 aliphatic rings. The Kier molecular flexibility index (Phi) is 2.82. The molecule has 2 aromatic rings. The van der Waals surface area contributed by atoms with E-state index >= 15 is 0 Å². The maximum absolute atomic E-state index is 5.92. The topological polar surface area (TPSA) is 71.9 Å². The molecule has 0 amide bonds. The second kappa shape index (κ2) is 4.68. The molecule has 0 unspecified atom stereocenters. The van der Waals surface area contributed by atoms with Crippen LogP contribution in [0.5, 0.6) is 0 Å². The van der Waals surface area contributed by atoms with E-state index in [9.17, 15) is 0 Å². The van der Waals surface area contributed by atoms with Gasteiger partial charge < -0.3 is 9.72 Å². The minimum Gasteiger partial charge on any atom is -0.370 e. The minimum absolute atomic E-state index is 0.265. The van der Waals surface area contributed by atoms with Gasteiger partial charge in [-0.1, -0.05) is 5.21 Å². The van der Waals surface area contributed by atoms with Gasteiger partial charge in [0.05, 0.1) is 42.7 Å². The van der Waals surface area contributed by atoms with Gasteiger partial charge in [0.15, 0.2) is 0 Å². The number of hydrogen-bond acceptors (Lipinski definition) is 5. The van der Waals surface area contributed by atoms with E-state index in [1.165, 1.54) is 0 Å². The molecule has 106 valence electrons. The molecular weight excluding hydrogens is 256 g/mol. The number of ether oxygens (including phenoxy) is 1. The fourth-order valence-corrected chi connectivity index (χ4v) is 3.15. The van der Waals surface area contributed by atoms with E-state index < -0.39 is 0 Å². The Morgan fingerprint density at radius 1 is 1.50 bits per heavy atom. The third-order valence-electron chi connectivity index (χ3n) is 4.32. The summed E-state index contributed by atoms with van der Waals surface area (Å²) in [5.41, 5.74) is 3.34. The number of aromatic amines is 1. The summed E-state index contributed by atoms with van der Waals surface area (Å²) in [5, 5.41) is 8.24. The van der Waals surface area contributed by atoms with E-state index in [2.05, 4.69) is 32.1 Å². The van der Waals surface area contributed by atoms with Crippen LogP contribution in [0.25, 0.3) is 0 Å². The number of nitrogens with zero attached hydrogens (tertiary/aromatic N) is 5. The van der Waals surface area contributed by atoms with Gasteiger partial charge in [0.1, 0.15) is 0 Å². The molecule has 4 heterocycles. The maximum atomic E-state index is 5.92. The van der Waals surface area contributed by atoms with Crippen LogP contribution in [0.2, 0.25) is 0 Å². The first kappa shape index (κ1) is 12.0. The number of aryl methyl sites for hydroxylation is 1. The Morgan fingerprint density at radius 2 is 2.45 bits per heavy atom. The van der Waals surface area contributed by atoms with Crippen LogP contribution in [0, 0.1) is 6.92 Å². The third kappa shape index (κ3) is 1.94. The van der Waals surface area contributed by atoms with Crippen molar-refractivity contribution in [3.05, 3.63) is 29.6 Å². The van der Waals surface area contributed by atoms with Crippen molar-refractivity contribution in [3.63, 3.8) is 0 Å². The average Bonchev–Trinajstić information content (AvgIpc) is 3.08. The van der Waals surface area contributed by atoms with E-state index in [4.69, 9.17) is 4.74 Å². The first-order chi connectivity index (χ1) is 9.81. The smallest absolute Gasteiger partial charge is 0.0930 e. The van der Waals surface area contributed by atoms with Crippen LogP contribution < -0.4 is 0 Å². The number of H-pyrrole nitrogens is 1. The third-order valence-corrected chi connectivity index (χ3v) is 4.32. The molecule has 1 saturated heterocycles. The van der Waals surface area contributed by atoms with Gasteiger partial charge in [-0.3, -0.25) is 4.90 Å². The van der Waals surface area contributed by atoms with Crippen molar-refractivity contribution in [2.75, 3.05) is 13.1 Å². The maximum Gasteiger partial charge on any atom is 0.0930 e. The lowest BCUT2D eigenvalue weighted by atomic mass is 10.0. The first-order valence-corrected chi connectivity index (χ1v) is 7.03. The van der Waals surface area contributed by atoms with Gasteiger partial charge in [0.25, 0.3) is 0 Å². The minimum atomic E-state index is 0.265. The van der Waals surface area contributed by atoms with E-state index in [0.717, 1.165) is 43.1 Å². The van der Waals surface area contributed by atoms with Gasteiger partial charge in [-0.25, -0.2) is 9.67 Å². The van der Waals surface area contributed by atoms with Gasteiger partial charge >= 0.3 is 0 Å². The van der Waals surface area contributed by atoms with Crippen LogP contribution in [-0.2, 0) is 17.9 Å². The number of aromatic nitrogens is 5. The fourth-order valence-electron chi connectivity index (χ4n) is 3.15. The molecular formula is C13H18N6O. The molecule has 0 aliphatic carbocycles. The zero-order valence-corrected chi connectivity index (χ0v) is 11.5. The van der Waals surface area contributed by atoms with Crippen LogP contribution in [0.15, 0.2) is 12.5 Å². The van der Waals surface area contributed by atoms with E-state index in [-0.39, 0.29) is 12.1 Å². The molecule has 2 aromatic heterocycles. The predicted molar refractivity (Wildman–Crippen MR) is 70.9 cm³/mol. The standard InChI is InChI=1S/C13H18N6O/c1-9-11(15-8-14-9)5-18-3-2-13-12(6-18)19-10(7-20-13)4-16-17-19/h4,8,12-13H,2-3,5-7H2,1H3,(H,14,15)/t12-,13-/m1/s1. The molecule has 20 heavy (non-hydrogen) atoms. The van der Waals surface area contributed by atoms with E-state index in [1.807, 2.05) is 4.68 Å². The van der Waals surface area contributed by atoms with Gasteiger partial charge in [0.2, 0.25) is 0 Å². The van der Waals surface area contributed by atoms with Crippen molar-refractivity contribution in [1.82, 2.24) is 29.9 Å². The van der Waals surface area contributed by atoms with Gasteiger partial charge in [0, 0.05) is 25.3 Å². The van der Waals surface area contributed by atoms with E-state index in [1.54, 1.807) is 12.5 Å². The number of piperidine rings is 1. The van der Waals surface area contributed by atoms with Crippen molar-refractivity contribution >= 4 is 0 Å². The zero-order valence-electron chi connectivity index (χ0n) is 11.5. The fraction of sp³-hybridized carbons (Fsp3) is 0.615. The molecule has 1 fully saturated rings. The number of hydrogen-bond donors (Lipinski definition) is 1. The monoisotopic (exact) mass is 274 g/mol. The van der Waals surface area contributed by atoms with Crippen molar-refractivity contribution in [1.29, 1.82) is 0 Å². The molecule has 2 aliphatic heterocycles. The Bertz CT molecular complexity index is 606. The lowest BCUT2D eigenvalue weighted by Gasteiger charge is -2.40. The Labute approximate surface area is 116 Å². The molecule has 2 atom stereocenters.